The van der Waals surface area contributed by atoms with E-state index >= 15 is 0 Å². The van der Waals surface area contributed by atoms with Gasteiger partial charge in [-0.05, 0) is 19.3 Å². The molecule has 0 aliphatic carbocycles. The Morgan fingerprint density at radius 1 is 0.679 bits per heavy atom. The molecule has 0 atom stereocenters. The molecule has 28 heavy (non-hydrogen) atoms. The predicted octanol–water partition coefficient (Wildman–Crippen LogP) is 1.98. The zero-order valence-electron chi connectivity index (χ0n) is 17.6. The fourth-order valence-electron chi connectivity index (χ4n) is 2.83. The van der Waals surface area contributed by atoms with E-state index in [-0.39, 0.29) is 12.8 Å². The normalized spacial score (nSPS) is 11.0. The van der Waals surface area contributed by atoms with Crippen molar-refractivity contribution in [2.75, 3.05) is 19.6 Å². The molecule has 0 radical (unpaired) electrons. The van der Waals surface area contributed by atoms with Crippen molar-refractivity contribution < 1.29 is 24.3 Å². The summed E-state index contributed by atoms with van der Waals surface area (Å²) in [6.45, 7) is 7.24. The van der Waals surface area contributed by atoms with Gasteiger partial charge in [-0.3, -0.25) is 19.2 Å². The van der Waals surface area contributed by atoms with Gasteiger partial charge in [-0.15, -0.1) is 0 Å². The molecule has 0 aromatic rings. The second kappa shape index (κ2) is 14.9. The van der Waals surface area contributed by atoms with Crippen LogP contribution in [-0.2, 0) is 19.2 Å². The van der Waals surface area contributed by atoms with Gasteiger partial charge in [0.05, 0.1) is 11.8 Å². The molecule has 162 valence electrons. The second-order valence-electron chi connectivity index (χ2n) is 7.22. The van der Waals surface area contributed by atoms with Crippen LogP contribution in [0.25, 0.3) is 0 Å². The number of carboxylic acids is 1. The molecule has 0 unspecified atom stereocenters. The third kappa shape index (κ3) is 10.9. The Bertz CT molecular complexity index is 484. The molecule has 0 spiro atoms. The van der Waals surface area contributed by atoms with Crippen LogP contribution in [0, 0.1) is 5.41 Å². The highest BCUT2D eigenvalue weighted by Gasteiger charge is 2.44. The monoisotopic (exact) mass is 399 g/mol. The predicted molar refractivity (Wildman–Crippen MR) is 108 cm³/mol. The molecule has 0 aliphatic heterocycles. The highest BCUT2D eigenvalue weighted by Crippen LogP contribution is 2.32. The molecule has 0 bridgehead atoms. The zero-order valence-corrected chi connectivity index (χ0v) is 17.6. The number of carbonyl (C=O) groups is 4. The molecule has 0 fully saturated rings. The zero-order chi connectivity index (χ0) is 21.4. The lowest BCUT2D eigenvalue weighted by atomic mass is 9.76. The summed E-state index contributed by atoms with van der Waals surface area (Å²) in [6, 6.07) is 0. The Labute approximate surface area is 168 Å². The Balaban J connectivity index is 5.41. The SMILES string of the molecule is CCCCNC(=O)CC(CC(=O)O)(CC(=O)NCCCC)C(=O)NCCCC. The lowest BCUT2D eigenvalue weighted by Crippen LogP contribution is -2.48. The summed E-state index contributed by atoms with van der Waals surface area (Å²) >= 11 is 0. The van der Waals surface area contributed by atoms with Crippen LogP contribution in [0.4, 0.5) is 0 Å². The Morgan fingerprint density at radius 3 is 1.43 bits per heavy atom. The summed E-state index contributed by atoms with van der Waals surface area (Å²) in [7, 11) is 0. The van der Waals surface area contributed by atoms with Gasteiger partial charge in [0.15, 0.2) is 0 Å². The van der Waals surface area contributed by atoms with Crippen LogP contribution in [0.3, 0.4) is 0 Å². The molecule has 0 saturated heterocycles. The third-order valence-corrected chi connectivity index (χ3v) is 4.49. The van der Waals surface area contributed by atoms with Crippen LogP contribution < -0.4 is 16.0 Å². The maximum Gasteiger partial charge on any atom is 0.304 e. The minimum absolute atomic E-state index is 0.331. The molecule has 0 aliphatic rings. The van der Waals surface area contributed by atoms with Gasteiger partial charge >= 0.3 is 5.97 Å². The molecule has 8 heteroatoms. The summed E-state index contributed by atoms with van der Waals surface area (Å²) in [5.41, 5.74) is -1.60. The fraction of sp³-hybridized carbons (Fsp3) is 0.800. The number of amides is 3. The first-order valence-electron chi connectivity index (χ1n) is 10.3. The van der Waals surface area contributed by atoms with Crippen molar-refractivity contribution in [2.24, 2.45) is 5.41 Å². The second-order valence-corrected chi connectivity index (χ2v) is 7.22. The molecule has 0 saturated carbocycles. The summed E-state index contributed by atoms with van der Waals surface area (Å²) < 4.78 is 0. The number of unbranched alkanes of at least 4 members (excludes halogenated alkanes) is 3. The van der Waals surface area contributed by atoms with Gasteiger partial charge in [-0.2, -0.15) is 0 Å². The summed E-state index contributed by atoms with van der Waals surface area (Å²) in [4.78, 5) is 49.1. The van der Waals surface area contributed by atoms with E-state index in [4.69, 9.17) is 0 Å². The van der Waals surface area contributed by atoms with Crippen LogP contribution in [-0.4, -0.2) is 48.4 Å². The van der Waals surface area contributed by atoms with E-state index in [0.717, 1.165) is 38.5 Å². The topological polar surface area (TPSA) is 125 Å². The highest BCUT2D eigenvalue weighted by molar-refractivity contribution is 5.95. The van der Waals surface area contributed by atoms with Crippen molar-refractivity contribution in [3.8, 4) is 0 Å². The van der Waals surface area contributed by atoms with Crippen molar-refractivity contribution in [2.45, 2.75) is 78.6 Å². The third-order valence-electron chi connectivity index (χ3n) is 4.49. The molecule has 4 N–H and O–H groups in total. The van der Waals surface area contributed by atoms with Gasteiger partial charge in [0.25, 0.3) is 0 Å². The van der Waals surface area contributed by atoms with E-state index in [2.05, 4.69) is 16.0 Å². The highest BCUT2D eigenvalue weighted by atomic mass is 16.4. The van der Waals surface area contributed by atoms with E-state index in [1.807, 2.05) is 20.8 Å². The first-order chi connectivity index (χ1) is 13.3. The number of nitrogens with one attached hydrogen (secondary N) is 3. The van der Waals surface area contributed by atoms with Crippen LogP contribution >= 0.6 is 0 Å². The Morgan fingerprint density at radius 2 is 1.07 bits per heavy atom. The maximum atomic E-state index is 12.9. The number of carbonyl (C=O) groups excluding carboxylic acids is 3. The first kappa shape index (κ1) is 25.9. The van der Waals surface area contributed by atoms with Gasteiger partial charge in [0.1, 0.15) is 0 Å². The smallest absolute Gasteiger partial charge is 0.304 e. The van der Waals surface area contributed by atoms with Gasteiger partial charge in [0.2, 0.25) is 17.7 Å². The largest absolute Gasteiger partial charge is 0.481 e. The Hall–Kier alpha value is -2.12. The van der Waals surface area contributed by atoms with Crippen LogP contribution in [0.5, 0.6) is 0 Å². The van der Waals surface area contributed by atoms with Crippen molar-refractivity contribution in [1.29, 1.82) is 0 Å². The molecule has 0 rings (SSSR count). The molecule has 0 aromatic heterocycles. The number of hydrogen-bond donors (Lipinski definition) is 4. The van der Waals surface area contributed by atoms with Crippen molar-refractivity contribution in [3.63, 3.8) is 0 Å². The lowest BCUT2D eigenvalue weighted by Gasteiger charge is -2.30. The summed E-state index contributed by atoms with van der Waals surface area (Å²) in [5, 5.41) is 17.5. The molecule has 0 heterocycles. The van der Waals surface area contributed by atoms with Gasteiger partial charge in [-0.25, -0.2) is 0 Å². The van der Waals surface area contributed by atoms with Gasteiger partial charge in [0, 0.05) is 32.5 Å². The van der Waals surface area contributed by atoms with Crippen LogP contribution in [0.2, 0.25) is 0 Å². The van der Waals surface area contributed by atoms with Crippen LogP contribution in [0.15, 0.2) is 0 Å². The quantitative estimate of drug-likeness (QED) is 0.295. The molecule has 3 amide bonds. The standard InChI is InChI=1S/C20H37N3O5/c1-4-7-10-21-16(24)13-20(15-18(26)27,19(28)23-12-9-6-3)14-17(25)22-11-8-5-2/h4-15H2,1-3H3,(H,21,24)(H,22,25)(H,23,28)(H,26,27). The van der Waals surface area contributed by atoms with Crippen LogP contribution in [0.1, 0.15) is 78.6 Å². The number of rotatable bonds is 16. The molecular weight excluding hydrogens is 362 g/mol. The van der Waals surface area contributed by atoms with E-state index in [1.165, 1.54) is 0 Å². The molecular formula is C20H37N3O5. The van der Waals surface area contributed by atoms with E-state index in [0.29, 0.717) is 19.6 Å². The van der Waals surface area contributed by atoms with E-state index in [1.54, 1.807) is 0 Å². The average molecular weight is 400 g/mol. The van der Waals surface area contributed by atoms with Crippen molar-refractivity contribution >= 4 is 23.7 Å². The first-order valence-corrected chi connectivity index (χ1v) is 10.3. The lowest BCUT2D eigenvalue weighted by molar-refractivity contribution is -0.149. The average Bonchev–Trinajstić information content (AvgIpc) is 2.61. The molecule has 0 aromatic carbocycles. The van der Waals surface area contributed by atoms with E-state index < -0.39 is 35.5 Å². The molecule has 8 nitrogen and oxygen atoms in total. The Kier molecular flexibility index (Phi) is 13.8. The fourth-order valence-corrected chi connectivity index (χ4v) is 2.83. The summed E-state index contributed by atoms with van der Waals surface area (Å²) in [6.07, 6.45) is 3.74. The maximum absolute atomic E-state index is 12.9. The van der Waals surface area contributed by atoms with Gasteiger partial charge < -0.3 is 21.1 Å². The van der Waals surface area contributed by atoms with E-state index in [9.17, 15) is 24.3 Å². The van der Waals surface area contributed by atoms with Gasteiger partial charge in [-0.1, -0.05) is 40.0 Å². The number of hydrogen-bond acceptors (Lipinski definition) is 4. The summed E-state index contributed by atoms with van der Waals surface area (Å²) in [5.74, 6) is -2.60. The van der Waals surface area contributed by atoms with Crippen molar-refractivity contribution in [3.05, 3.63) is 0 Å². The minimum Gasteiger partial charge on any atom is -0.481 e. The number of aliphatic carboxylic acids is 1. The number of carboxylic acid groups (broad SMARTS) is 1. The van der Waals surface area contributed by atoms with Crippen molar-refractivity contribution in [1.82, 2.24) is 16.0 Å². The minimum atomic E-state index is -1.60.